The third kappa shape index (κ3) is 2.64. The summed E-state index contributed by atoms with van der Waals surface area (Å²) < 4.78 is 0. The number of rotatable bonds is 3. The van der Waals surface area contributed by atoms with Crippen LogP contribution in [0.25, 0.3) is 0 Å². The van der Waals surface area contributed by atoms with Gasteiger partial charge in [-0.3, -0.25) is 15.5 Å². The highest BCUT2D eigenvalue weighted by molar-refractivity contribution is 5.96. The molecule has 1 amide bonds. The smallest absolute Gasteiger partial charge is 0.254 e. The summed E-state index contributed by atoms with van der Waals surface area (Å²) in [6.45, 7) is 5.65. The van der Waals surface area contributed by atoms with Gasteiger partial charge in [-0.2, -0.15) is 0 Å². The Labute approximate surface area is 119 Å². The molecule has 1 aromatic carbocycles. The second-order valence-electron chi connectivity index (χ2n) is 5.73. The van der Waals surface area contributed by atoms with E-state index >= 15 is 0 Å². The number of amides is 1. The second kappa shape index (κ2) is 5.42. The highest BCUT2D eigenvalue weighted by Crippen LogP contribution is 2.27. The average molecular weight is 274 g/mol. The number of aryl methyl sites for hydroxylation is 1. The Bertz CT molecular complexity index is 505. The van der Waals surface area contributed by atoms with Crippen molar-refractivity contribution in [2.24, 2.45) is 5.84 Å². The van der Waals surface area contributed by atoms with Crippen molar-refractivity contribution in [2.75, 3.05) is 31.6 Å². The molecule has 108 valence electrons. The van der Waals surface area contributed by atoms with Crippen LogP contribution in [-0.4, -0.2) is 47.9 Å². The van der Waals surface area contributed by atoms with Gasteiger partial charge in [0.15, 0.2) is 0 Å². The zero-order valence-corrected chi connectivity index (χ0v) is 11.9. The summed E-state index contributed by atoms with van der Waals surface area (Å²) in [6, 6.07) is 6.41. The Morgan fingerprint density at radius 2 is 1.95 bits per heavy atom. The zero-order chi connectivity index (χ0) is 14.1. The van der Waals surface area contributed by atoms with Gasteiger partial charge in [-0.25, -0.2) is 0 Å². The molecule has 0 spiro atoms. The lowest BCUT2D eigenvalue weighted by Gasteiger charge is -2.35. The lowest BCUT2D eigenvalue weighted by Crippen LogP contribution is -2.49. The number of carbonyl (C=O) groups is 1. The quantitative estimate of drug-likeness (QED) is 0.642. The van der Waals surface area contributed by atoms with E-state index in [1.165, 1.54) is 12.8 Å². The van der Waals surface area contributed by atoms with E-state index < -0.39 is 0 Å². The minimum absolute atomic E-state index is 0.140. The van der Waals surface area contributed by atoms with Crippen LogP contribution in [0.4, 0.5) is 5.69 Å². The van der Waals surface area contributed by atoms with Gasteiger partial charge in [0.2, 0.25) is 0 Å². The lowest BCUT2D eigenvalue weighted by molar-refractivity contribution is 0.0626. The van der Waals surface area contributed by atoms with Gasteiger partial charge in [0, 0.05) is 43.5 Å². The summed E-state index contributed by atoms with van der Waals surface area (Å²) in [4.78, 5) is 17.0. The van der Waals surface area contributed by atoms with Crippen LogP contribution in [0.2, 0.25) is 0 Å². The van der Waals surface area contributed by atoms with Crippen LogP contribution in [-0.2, 0) is 0 Å². The molecule has 0 aromatic heterocycles. The predicted octanol–water partition coefficient (Wildman–Crippen LogP) is 1.20. The van der Waals surface area contributed by atoms with Crippen LogP contribution in [0.3, 0.4) is 0 Å². The molecule has 2 fully saturated rings. The Balaban J connectivity index is 1.66. The maximum absolute atomic E-state index is 12.6. The van der Waals surface area contributed by atoms with Crippen molar-refractivity contribution < 1.29 is 4.79 Å². The lowest BCUT2D eigenvalue weighted by atomic mass is 10.1. The van der Waals surface area contributed by atoms with Gasteiger partial charge in [-0.1, -0.05) is 0 Å². The van der Waals surface area contributed by atoms with E-state index in [0.717, 1.165) is 49.0 Å². The first-order valence-corrected chi connectivity index (χ1v) is 7.29. The molecule has 20 heavy (non-hydrogen) atoms. The van der Waals surface area contributed by atoms with Crippen molar-refractivity contribution >= 4 is 11.6 Å². The maximum atomic E-state index is 12.6. The topological polar surface area (TPSA) is 61.6 Å². The van der Waals surface area contributed by atoms with Crippen molar-refractivity contribution in [1.29, 1.82) is 0 Å². The molecule has 1 heterocycles. The molecule has 0 atom stereocenters. The number of nitrogen functional groups attached to an aromatic ring is 1. The number of carbonyl (C=O) groups excluding carboxylic acids is 1. The van der Waals surface area contributed by atoms with Crippen LogP contribution in [0.15, 0.2) is 18.2 Å². The molecule has 3 rings (SSSR count). The van der Waals surface area contributed by atoms with Crippen molar-refractivity contribution in [3.8, 4) is 0 Å². The van der Waals surface area contributed by atoms with Gasteiger partial charge in [0.1, 0.15) is 0 Å². The van der Waals surface area contributed by atoms with Gasteiger partial charge in [0.25, 0.3) is 5.91 Å². The summed E-state index contributed by atoms with van der Waals surface area (Å²) in [5.41, 5.74) is 5.19. The number of piperazine rings is 1. The molecule has 1 saturated heterocycles. The highest BCUT2D eigenvalue weighted by atomic mass is 16.2. The van der Waals surface area contributed by atoms with Gasteiger partial charge < -0.3 is 10.3 Å². The maximum Gasteiger partial charge on any atom is 0.254 e. The van der Waals surface area contributed by atoms with Crippen LogP contribution in [0, 0.1) is 6.92 Å². The Morgan fingerprint density at radius 3 is 2.50 bits per heavy atom. The summed E-state index contributed by atoms with van der Waals surface area (Å²) >= 11 is 0. The minimum Gasteiger partial charge on any atom is -0.336 e. The van der Waals surface area contributed by atoms with E-state index in [2.05, 4.69) is 10.3 Å². The standard InChI is InChI=1S/C15H22N4O/c1-11-10-12(17-16)2-5-14(11)15(20)19-8-6-18(7-9-19)13-3-4-13/h2,5,10,13,17H,3-4,6-9,16H2,1H3. The van der Waals surface area contributed by atoms with Crippen molar-refractivity contribution in [1.82, 2.24) is 9.80 Å². The molecule has 1 aliphatic heterocycles. The van der Waals surface area contributed by atoms with E-state index in [-0.39, 0.29) is 5.91 Å². The number of nitrogens with one attached hydrogen (secondary N) is 1. The molecular weight excluding hydrogens is 252 g/mol. The van der Waals surface area contributed by atoms with Crippen molar-refractivity contribution in [2.45, 2.75) is 25.8 Å². The van der Waals surface area contributed by atoms with Crippen LogP contribution in [0.5, 0.6) is 0 Å². The van der Waals surface area contributed by atoms with Gasteiger partial charge in [0.05, 0.1) is 0 Å². The van der Waals surface area contributed by atoms with E-state index in [1.54, 1.807) is 0 Å². The molecule has 2 aliphatic rings. The number of hydrogen-bond donors (Lipinski definition) is 2. The third-order valence-corrected chi connectivity index (χ3v) is 4.29. The first-order valence-electron chi connectivity index (χ1n) is 7.29. The normalized spacial score (nSPS) is 20.0. The van der Waals surface area contributed by atoms with Gasteiger partial charge >= 0.3 is 0 Å². The summed E-state index contributed by atoms with van der Waals surface area (Å²) in [6.07, 6.45) is 2.67. The molecular formula is C15H22N4O. The molecule has 5 heteroatoms. The third-order valence-electron chi connectivity index (χ3n) is 4.29. The fourth-order valence-corrected chi connectivity index (χ4v) is 2.89. The minimum atomic E-state index is 0.140. The van der Waals surface area contributed by atoms with Crippen molar-refractivity contribution in [3.05, 3.63) is 29.3 Å². The van der Waals surface area contributed by atoms with Gasteiger partial charge in [-0.05, 0) is 43.5 Å². The molecule has 3 N–H and O–H groups in total. The van der Waals surface area contributed by atoms with Gasteiger partial charge in [-0.15, -0.1) is 0 Å². The molecule has 0 radical (unpaired) electrons. The Hall–Kier alpha value is -1.59. The number of hydrazine groups is 1. The largest absolute Gasteiger partial charge is 0.336 e. The fraction of sp³-hybridized carbons (Fsp3) is 0.533. The number of hydrogen-bond acceptors (Lipinski definition) is 4. The first kappa shape index (κ1) is 13.4. The van der Waals surface area contributed by atoms with Crippen LogP contribution < -0.4 is 11.3 Å². The number of benzene rings is 1. The summed E-state index contributed by atoms with van der Waals surface area (Å²) in [7, 11) is 0. The monoisotopic (exact) mass is 274 g/mol. The van der Waals surface area contributed by atoms with E-state index in [0.29, 0.717) is 0 Å². The van der Waals surface area contributed by atoms with Crippen molar-refractivity contribution in [3.63, 3.8) is 0 Å². The van der Waals surface area contributed by atoms with E-state index in [4.69, 9.17) is 5.84 Å². The van der Waals surface area contributed by atoms with E-state index in [1.807, 2.05) is 30.0 Å². The number of nitrogens with two attached hydrogens (primary N) is 1. The fourth-order valence-electron chi connectivity index (χ4n) is 2.89. The van der Waals surface area contributed by atoms with Crippen LogP contribution >= 0.6 is 0 Å². The SMILES string of the molecule is Cc1cc(NN)ccc1C(=O)N1CCN(C2CC2)CC1. The number of nitrogens with zero attached hydrogens (tertiary/aromatic N) is 2. The molecule has 0 bridgehead atoms. The highest BCUT2D eigenvalue weighted by Gasteiger charge is 2.32. The molecule has 1 aromatic rings. The molecule has 0 unspecified atom stereocenters. The molecule has 1 saturated carbocycles. The first-order chi connectivity index (χ1) is 9.69. The van der Waals surface area contributed by atoms with E-state index in [9.17, 15) is 4.79 Å². The average Bonchev–Trinajstić information content (AvgIpc) is 3.31. The molecule has 5 nitrogen and oxygen atoms in total. The molecule has 1 aliphatic carbocycles. The van der Waals surface area contributed by atoms with Crippen LogP contribution in [0.1, 0.15) is 28.8 Å². The summed E-state index contributed by atoms with van der Waals surface area (Å²) in [5.74, 6) is 5.53. The number of anilines is 1. The summed E-state index contributed by atoms with van der Waals surface area (Å²) in [5, 5.41) is 0. The Morgan fingerprint density at radius 1 is 1.25 bits per heavy atom. The Kier molecular flexibility index (Phi) is 3.63. The predicted molar refractivity (Wildman–Crippen MR) is 79.5 cm³/mol. The second-order valence-corrected chi connectivity index (χ2v) is 5.73. The zero-order valence-electron chi connectivity index (χ0n) is 11.9.